The number of nitro benzene ring substituents is 1. The molecule has 1 aromatic carbocycles. The topological polar surface area (TPSA) is 95.1 Å². The standard InChI is InChI=1S/C17H16BrN5O2/c18-13-2-3-15(16(9-13)23(24)25)21-14-5-7-22(8-6-14)17-4-1-12(10-19)11-20-17/h1-4,9,11,14,21H,5-8H2. The first-order valence-corrected chi connectivity index (χ1v) is 8.67. The molecule has 1 aliphatic heterocycles. The summed E-state index contributed by atoms with van der Waals surface area (Å²) in [4.78, 5) is 17.3. The molecule has 1 aliphatic rings. The summed E-state index contributed by atoms with van der Waals surface area (Å²) in [6.45, 7) is 1.61. The Hall–Kier alpha value is -2.66. The van der Waals surface area contributed by atoms with Gasteiger partial charge in [-0.05, 0) is 37.1 Å². The summed E-state index contributed by atoms with van der Waals surface area (Å²) < 4.78 is 0.687. The summed E-state index contributed by atoms with van der Waals surface area (Å²) in [5.74, 6) is 0.854. The summed E-state index contributed by atoms with van der Waals surface area (Å²) >= 11 is 3.27. The van der Waals surface area contributed by atoms with Crippen molar-refractivity contribution in [3.05, 3.63) is 56.7 Å². The molecule has 3 rings (SSSR count). The summed E-state index contributed by atoms with van der Waals surface area (Å²) in [5.41, 5.74) is 1.16. The first kappa shape index (κ1) is 17.2. The monoisotopic (exact) mass is 401 g/mol. The van der Waals surface area contributed by atoms with E-state index < -0.39 is 0 Å². The van der Waals surface area contributed by atoms with Gasteiger partial charge >= 0.3 is 0 Å². The molecule has 0 unspecified atom stereocenters. The zero-order valence-corrected chi connectivity index (χ0v) is 14.9. The van der Waals surface area contributed by atoms with Crippen LogP contribution in [-0.2, 0) is 0 Å². The van der Waals surface area contributed by atoms with E-state index in [1.165, 1.54) is 6.07 Å². The number of nitriles is 1. The van der Waals surface area contributed by atoms with Gasteiger partial charge < -0.3 is 10.2 Å². The Morgan fingerprint density at radius 2 is 2.08 bits per heavy atom. The second kappa shape index (κ2) is 7.49. The fraction of sp³-hybridized carbons (Fsp3) is 0.294. The number of pyridine rings is 1. The van der Waals surface area contributed by atoms with Crippen LogP contribution in [0.5, 0.6) is 0 Å². The zero-order valence-electron chi connectivity index (χ0n) is 13.4. The molecule has 2 heterocycles. The quantitative estimate of drug-likeness (QED) is 0.619. The van der Waals surface area contributed by atoms with Crippen LogP contribution in [0.25, 0.3) is 0 Å². The van der Waals surface area contributed by atoms with E-state index in [1.807, 2.05) is 6.07 Å². The highest BCUT2D eigenvalue weighted by Crippen LogP contribution is 2.30. The number of hydrogen-bond acceptors (Lipinski definition) is 6. The molecule has 128 valence electrons. The highest BCUT2D eigenvalue weighted by molar-refractivity contribution is 9.10. The van der Waals surface area contributed by atoms with Crippen LogP contribution >= 0.6 is 15.9 Å². The molecule has 25 heavy (non-hydrogen) atoms. The predicted octanol–water partition coefficient (Wildman–Crippen LogP) is 3.70. The maximum absolute atomic E-state index is 11.2. The molecule has 7 nitrogen and oxygen atoms in total. The van der Waals surface area contributed by atoms with E-state index in [-0.39, 0.29) is 16.7 Å². The van der Waals surface area contributed by atoms with Crippen LogP contribution in [0.4, 0.5) is 17.2 Å². The summed E-state index contributed by atoms with van der Waals surface area (Å²) in [5, 5.41) is 23.3. The number of aromatic nitrogens is 1. The normalized spacial score (nSPS) is 14.8. The number of nitro groups is 1. The fourth-order valence-electron chi connectivity index (χ4n) is 2.89. The molecule has 1 saturated heterocycles. The van der Waals surface area contributed by atoms with Gasteiger partial charge in [-0.25, -0.2) is 4.98 Å². The second-order valence-electron chi connectivity index (χ2n) is 5.84. The molecule has 1 fully saturated rings. The first-order valence-electron chi connectivity index (χ1n) is 7.88. The highest BCUT2D eigenvalue weighted by atomic mass is 79.9. The van der Waals surface area contributed by atoms with E-state index in [2.05, 4.69) is 37.2 Å². The predicted molar refractivity (Wildman–Crippen MR) is 98.6 cm³/mol. The van der Waals surface area contributed by atoms with Crippen LogP contribution in [0, 0.1) is 21.4 Å². The van der Waals surface area contributed by atoms with Crippen molar-refractivity contribution in [2.45, 2.75) is 18.9 Å². The van der Waals surface area contributed by atoms with Gasteiger partial charge in [0.1, 0.15) is 17.6 Å². The van der Waals surface area contributed by atoms with Gasteiger partial charge in [0.15, 0.2) is 0 Å². The van der Waals surface area contributed by atoms with Crippen molar-refractivity contribution in [2.24, 2.45) is 0 Å². The van der Waals surface area contributed by atoms with Gasteiger partial charge in [-0.15, -0.1) is 0 Å². The van der Waals surface area contributed by atoms with Crippen molar-refractivity contribution in [1.29, 1.82) is 5.26 Å². The van der Waals surface area contributed by atoms with Crippen LogP contribution in [-0.4, -0.2) is 29.0 Å². The van der Waals surface area contributed by atoms with Crippen molar-refractivity contribution in [1.82, 2.24) is 4.98 Å². The molecule has 0 spiro atoms. The molecule has 0 atom stereocenters. The van der Waals surface area contributed by atoms with Gasteiger partial charge in [-0.2, -0.15) is 5.26 Å². The lowest BCUT2D eigenvalue weighted by Crippen LogP contribution is -2.39. The third-order valence-electron chi connectivity index (χ3n) is 4.21. The molecule has 0 saturated carbocycles. The Balaban J connectivity index is 1.63. The molecular weight excluding hydrogens is 386 g/mol. The Kier molecular flexibility index (Phi) is 5.14. The van der Waals surface area contributed by atoms with Crippen molar-refractivity contribution in [3.63, 3.8) is 0 Å². The Morgan fingerprint density at radius 1 is 1.32 bits per heavy atom. The summed E-state index contributed by atoms with van der Waals surface area (Å²) in [7, 11) is 0. The van der Waals surface area contributed by atoms with Gasteiger partial charge in [-0.1, -0.05) is 15.9 Å². The number of nitrogens with one attached hydrogen (secondary N) is 1. The molecule has 2 aromatic rings. The van der Waals surface area contributed by atoms with Crippen molar-refractivity contribution in [2.75, 3.05) is 23.3 Å². The number of piperidine rings is 1. The summed E-state index contributed by atoms with van der Waals surface area (Å²) in [6, 6.07) is 10.9. The van der Waals surface area contributed by atoms with Crippen LogP contribution in [0.1, 0.15) is 18.4 Å². The Morgan fingerprint density at radius 3 is 2.68 bits per heavy atom. The van der Waals surface area contributed by atoms with Crippen LogP contribution in [0.2, 0.25) is 0 Å². The fourth-order valence-corrected chi connectivity index (χ4v) is 3.24. The third kappa shape index (κ3) is 4.06. The average Bonchev–Trinajstić information content (AvgIpc) is 2.64. The molecular formula is C17H16BrN5O2. The SMILES string of the molecule is N#Cc1ccc(N2CCC(Nc3ccc(Br)cc3[N+](=O)[O-])CC2)nc1. The Bertz CT molecular complexity index is 811. The molecule has 0 amide bonds. The largest absolute Gasteiger partial charge is 0.377 e. The minimum Gasteiger partial charge on any atom is -0.377 e. The van der Waals surface area contributed by atoms with Crippen molar-refractivity contribution >= 4 is 33.1 Å². The van der Waals surface area contributed by atoms with Crippen LogP contribution < -0.4 is 10.2 Å². The number of rotatable bonds is 4. The van der Waals surface area contributed by atoms with E-state index >= 15 is 0 Å². The molecule has 1 N–H and O–H groups in total. The van der Waals surface area contributed by atoms with Gasteiger partial charge in [0.25, 0.3) is 5.69 Å². The molecule has 0 bridgehead atoms. The number of hydrogen-bond donors (Lipinski definition) is 1. The smallest absolute Gasteiger partial charge is 0.293 e. The maximum Gasteiger partial charge on any atom is 0.293 e. The number of halogens is 1. The van der Waals surface area contributed by atoms with Gasteiger partial charge in [0.2, 0.25) is 0 Å². The van der Waals surface area contributed by atoms with Crippen molar-refractivity contribution < 1.29 is 4.92 Å². The maximum atomic E-state index is 11.2. The van der Waals surface area contributed by atoms with E-state index in [9.17, 15) is 10.1 Å². The Labute approximate surface area is 153 Å². The highest BCUT2D eigenvalue weighted by Gasteiger charge is 2.23. The van der Waals surface area contributed by atoms with E-state index in [1.54, 1.807) is 24.4 Å². The zero-order chi connectivity index (χ0) is 17.8. The molecule has 8 heteroatoms. The summed E-state index contributed by atoms with van der Waals surface area (Å²) in [6.07, 6.45) is 3.29. The molecule has 0 radical (unpaired) electrons. The van der Waals surface area contributed by atoms with Gasteiger partial charge in [0, 0.05) is 35.9 Å². The number of benzene rings is 1. The van der Waals surface area contributed by atoms with Crippen LogP contribution in [0.15, 0.2) is 41.0 Å². The van der Waals surface area contributed by atoms with Crippen molar-refractivity contribution in [3.8, 4) is 6.07 Å². The van der Waals surface area contributed by atoms with Gasteiger partial charge in [0.05, 0.1) is 10.5 Å². The third-order valence-corrected chi connectivity index (χ3v) is 4.71. The molecule has 0 aliphatic carbocycles. The molecule has 1 aromatic heterocycles. The number of nitrogens with zero attached hydrogens (tertiary/aromatic N) is 4. The first-order chi connectivity index (χ1) is 12.1. The van der Waals surface area contributed by atoms with E-state index in [0.29, 0.717) is 15.7 Å². The van der Waals surface area contributed by atoms with Crippen LogP contribution in [0.3, 0.4) is 0 Å². The van der Waals surface area contributed by atoms with Gasteiger partial charge in [-0.3, -0.25) is 10.1 Å². The number of anilines is 2. The lowest BCUT2D eigenvalue weighted by Gasteiger charge is -2.33. The lowest BCUT2D eigenvalue weighted by molar-refractivity contribution is -0.384. The minimum atomic E-state index is -0.372. The minimum absolute atomic E-state index is 0.0746. The van der Waals surface area contributed by atoms with E-state index in [4.69, 9.17) is 5.26 Å². The van der Waals surface area contributed by atoms with E-state index in [0.717, 1.165) is 31.7 Å². The average molecular weight is 402 g/mol. The lowest BCUT2D eigenvalue weighted by atomic mass is 10.0. The second-order valence-corrected chi connectivity index (χ2v) is 6.76.